The molecule has 0 amide bonds. The molecule has 0 spiro atoms. The highest BCUT2D eigenvalue weighted by atomic mass is 16.5. The predicted octanol–water partition coefficient (Wildman–Crippen LogP) is 5.34. The van der Waals surface area contributed by atoms with Crippen LogP contribution in [-0.4, -0.2) is 25.0 Å². The number of ether oxygens (including phenoxy) is 2. The maximum Gasteiger partial charge on any atom is 0.305 e. The van der Waals surface area contributed by atoms with Crippen molar-refractivity contribution in [3.05, 3.63) is 29.8 Å². The molecule has 0 unspecified atom stereocenters. The maximum absolute atomic E-state index is 12.2. The molecule has 0 heterocycles. The van der Waals surface area contributed by atoms with E-state index in [0.717, 1.165) is 50.0 Å². The molecule has 25 heavy (non-hydrogen) atoms. The summed E-state index contributed by atoms with van der Waals surface area (Å²) in [6.45, 7) is 5.15. The van der Waals surface area contributed by atoms with Gasteiger partial charge in [-0.05, 0) is 50.5 Å². The van der Waals surface area contributed by atoms with Gasteiger partial charge in [-0.25, -0.2) is 0 Å². The molecule has 0 aromatic heterocycles. The van der Waals surface area contributed by atoms with Gasteiger partial charge in [-0.3, -0.25) is 9.59 Å². The number of carbonyl (C=O) groups is 2. The topological polar surface area (TPSA) is 52.6 Å². The minimum absolute atomic E-state index is 0.129. The third kappa shape index (κ3) is 9.90. The Morgan fingerprint density at radius 1 is 0.840 bits per heavy atom. The van der Waals surface area contributed by atoms with Gasteiger partial charge in [0.15, 0.2) is 5.78 Å². The molecule has 1 rings (SSSR count). The summed E-state index contributed by atoms with van der Waals surface area (Å²) in [6.07, 6.45) is 8.05. The van der Waals surface area contributed by atoms with Crippen LogP contribution in [0.4, 0.5) is 0 Å². The number of unbranched alkanes of at least 4 members (excludes halogenated alkanes) is 5. The lowest BCUT2D eigenvalue weighted by Crippen LogP contribution is -2.03. The first kappa shape index (κ1) is 21.2. The van der Waals surface area contributed by atoms with Crippen molar-refractivity contribution in [2.45, 2.75) is 71.6 Å². The second kappa shape index (κ2) is 13.5. The van der Waals surface area contributed by atoms with Crippen molar-refractivity contribution in [2.24, 2.45) is 0 Å². The molecule has 0 fully saturated rings. The number of esters is 1. The zero-order chi connectivity index (χ0) is 18.3. The number of rotatable bonds is 14. The monoisotopic (exact) mass is 348 g/mol. The minimum atomic E-state index is -0.129. The van der Waals surface area contributed by atoms with Crippen molar-refractivity contribution in [2.75, 3.05) is 13.2 Å². The molecule has 4 nitrogen and oxygen atoms in total. The summed E-state index contributed by atoms with van der Waals surface area (Å²) in [5, 5.41) is 0. The standard InChI is InChI=1S/C21H32O4/c1-3-5-10-17-25-19-15-13-18(14-16-19)20(22)11-8-6-7-9-12-21(23)24-4-2/h13-16H,3-12,17H2,1-2H3. The molecule has 0 saturated carbocycles. The van der Waals surface area contributed by atoms with Gasteiger partial charge in [0.1, 0.15) is 5.75 Å². The predicted molar refractivity (Wildman–Crippen MR) is 100 cm³/mol. The number of hydrogen-bond acceptors (Lipinski definition) is 4. The summed E-state index contributed by atoms with van der Waals surface area (Å²) in [5.41, 5.74) is 0.743. The summed E-state index contributed by atoms with van der Waals surface area (Å²) in [7, 11) is 0. The number of Topliss-reactive ketones (excluding diaryl/α,β-unsaturated/α-hetero) is 1. The Morgan fingerprint density at radius 2 is 1.52 bits per heavy atom. The van der Waals surface area contributed by atoms with Gasteiger partial charge in [-0.2, -0.15) is 0 Å². The van der Waals surface area contributed by atoms with E-state index in [9.17, 15) is 9.59 Å². The molecular weight excluding hydrogens is 316 g/mol. The van der Waals surface area contributed by atoms with Crippen molar-refractivity contribution >= 4 is 11.8 Å². The molecule has 1 aromatic rings. The molecule has 0 radical (unpaired) electrons. The summed E-state index contributed by atoms with van der Waals surface area (Å²) >= 11 is 0. The first-order chi connectivity index (χ1) is 12.2. The number of benzene rings is 1. The number of ketones is 1. The summed E-state index contributed by atoms with van der Waals surface area (Å²) in [6, 6.07) is 7.44. The van der Waals surface area contributed by atoms with Crippen molar-refractivity contribution in [1.29, 1.82) is 0 Å². The van der Waals surface area contributed by atoms with E-state index >= 15 is 0 Å². The van der Waals surface area contributed by atoms with E-state index < -0.39 is 0 Å². The molecule has 0 aliphatic heterocycles. The number of carbonyl (C=O) groups excluding carboxylic acids is 2. The van der Waals surface area contributed by atoms with Gasteiger partial charge >= 0.3 is 5.97 Å². The van der Waals surface area contributed by atoms with Crippen molar-refractivity contribution in [1.82, 2.24) is 0 Å². The van der Waals surface area contributed by atoms with Crippen LogP contribution in [0.5, 0.6) is 5.75 Å². The third-order valence-electron chi connectivity index (χ3n) is 4.03. The molecule has 0 atom stereocenters. The van der Waals surface area contributed by atoms with Gasteiger partial charge < -0.3 is 9.47 Å². The van der Waals surface area contributed by atoms with Crippen molar-refractivity contribution in [3.8, 4) is 5.75 Å². The van der Waals surface area contributed by atoms with E-state index in [-0.39, 0.29) is 11.8 Å². The first-order valence-electron chi connectivity index (χ1n) is 9.59. The van der Waals surface area contributed by atoms with Crippen LogP contribution in [0.2, 0.25) is 0 Å². The molecule has 0 aliphatic rings. The first-order valence-corrected chi connectivity index (χ1v) is 9.59. The molecule has 0 aliphatic carbocycles. The van der Waals surface area contributed by atoms with E-state index in [2.05, 4.69) is 6.92 Å². The zero-order valence-corrected chi connectivity index (χ0v) is 15.7. The van der Waals surface area contributed by atoms with E-state index in [1.165, 1.54) is 12.8 Å². The highest BCUT2D eigenvalue weighted by Crippen LogP contribution is 2.16. The van der Waals surface area contributed by atoms with Crippen LogP contribution in [0.1, 0.15) is 82.0 Å². The molecule has 0 saturated heterocycles. The quantitative estimate of drug-likeness (QED) is 0.259. The Balaban J connectivity index is 2.16. The molecule has 0 bridgehead atoms. The van der Waals surface area contributed by atoms with Gasteiger partial charge in [0.05, 0.1) is 13.2 Å². The lowest BCUT2D eigenvalue weighted by atomic mass is 10.0. The fourth-order valence-electron chi connectivity index (χ4n) is 2.57. The van der Waals surface area contributed by atoms with E-state index in [4.69, 9.17) is 9.47 Å². The van der Waals surface area contributed by atoms with Crippen molar-refractivity contribution in [3.63, 3.8) is 0 Å². The fraction of sp³-hybridized carbons (Fsp3) is 0.619. The lowest BCUT2D eigenvalue weighted by Gasteiger charge is -2.07. The Bertz CT molecular complexity index is 493. The third-order valence-corrected chi connectivity index (χ3v) is 4.03. The smallest absolute Gasteiger partial charge is 0.305 e. The number of hydrogen-bond donors (Lipinski definition) is 0. The second-order valence-electron chi connectivity index (χ2n) is 6.22. The van der Waals surface area contributed by atoms with E-state index in [1.807, 2.05) is 31.2 Å². The minimum Gasteiger partial charge on any atom is -0.494 e. The van der Waals surface area contributed by atoms with E-state index in [1.54, 1.807) is 0 Å². The second-order valence-corrected chi connectivity index (χ2v) is 6.22. The van der Waals surface area contributed by atoms with Gasteiger partial charge in [-0.1, -0.05) is 32.6 Å². The summed E-state index contributed by atoms with van der Waals surface area (Å²) < 4.78 is 10.5. The summed E-state index contributed by atoms with van der Waals surface area (Å²) in [4.78, 5) is 23.4. The average molecular weight is 348 g/mol. The Morgan fingerprint density at radius 3 is 2.16 bits per heavy atom. The lowest BCUT2D eigenvalue weighted by molar-refractivity contribution is -0.143. The molecule has 1 aromatic carbocycles. The SMILES string of the molecule is CCCCCOc1ccc(C(=O)CCCCCCC(=O)OCC)cc1. The van der Waals surface area contributed by atoms with Crippen LogP contribution >= 0.6 is 0 Å². The van der Waals surface area contributed by atoms with Crippen molar-refractivity contribution < 1.29 is 19.1 Å². The Hall–Kier alpha value is -1.84. The van der Waals surface area contributed by atoms with Gasteiger partial charge in [0.25, 0.3) is 0 Å². The molecular formula is C21H32O4. The zero-order valence-electron chi connectivity index (χ0n) is 15.7. The van der Waals surface area contributed by atoms with Gasteiger partial charge in [0, 0.05) is 18.4 Å². The largest absolute Gasteiger partial charge is 0.494 e. The fourth-order valence-corrected chi connectivity index (χ4v) is 2.57. The van der Waals surface area contributed by atoms with Crippen LogP contribution in [-0.2, 0) is 9.53 Å². The Labute approximate surface area is 151 Å². The highest BCUT2D eigenvalue weighted by Gasteiger charge is 2.06. The summed E-state index contributed by atoms with van der Waals surface area (Å²) in [5.74, 6) is 0.866. The van der Waals surface area contributed by atoms with Gasteiger partial charge in [-0.15, -0.1) is 0 Å². The van der Waals surface area contributed by atoms with Gasteiger partial charge in [0.2, 0.25) is 0 Å². The maximum atomic E-state index is 12.2. The van der Waals surface area contributed by atoms with Crippen LogP contribution < -0.4 is 4.74 Å². The normalized spacial score (nSPS) is 10.5. The van der Waals surface area contributed by atoms with Crippen LogP contribution in [0.25, 0.3) is 0 Å². The van der Waals surface area contributed by atoms with Crippen LogP contribution in [0.15, 0.2) is 24.3 Å². The molecule has 0 N–H and O–H groups in total. The Kier molecular flexibility index (Phi) is 11.4. The average Bonchev–Trinajstić information content (AvgIpc) is 2.62. The highest BCUT2D eigenvalue weighted by molar-refractivity contribution is 5.96. The van der Waals surface area contributed by atoms with Crippen LogP contribution in [0.3, 0.4) is 0 Å². The van der Waals surface area contributed by atoms with E-state index in [0.29, 0.717) is 19.4 Å². The molecule has 140 valence electrons. The molecule has 4 heteroatoms. The van der Waals surface area contributed by atoms with Crippen LogP contribution in [0, 0.1) is 0 Å².